The van der Waals surface area contributed by atoms with Crippen LogP contribution >= 0.6 is 12.2 Å². The Labute approximate surface area is 185 Å². The van der Waals surface area contributed by atoms with Crippen molar-refractivity contribution in [3.8, 4) is 11.5 Å². The van der Waals surface area contributed by atoms with Crippen LogP contribution in [0.15, 0.2) is 48.5 Å². The summed E-state index contributed by atoms with van der Waals surface area (Å²) in [7, 11) is 5.57. The van der Waals surface area contributed by atoms with E-state index in [0.717, 1.165) is 30.3 Å². The van der Waals surface area contributed by atoms with E-state index in [1.807, 2.05) is 18.2 Å². The lowest BCUT2D eigenvalue weighted by molar-refractivity contribution is -1.02. The lowest BCUT2D eigenvalue weighted by Crippen LogP contribution is -3.27. The van der Waals surface area contributed by atoms with Gasteiger partial charge in [-0.1, -0.05) is 30.3 Å². The van der Waals surface area contributed by atoms with Gasteiger partial charge in [0.2, 0.25) is 0 Å². The fourth-order valence-electron chi connectivity index (χ4n) is 4.21. The molecule has 7 heteroatoms. The number of nitrogens with one attached hydrogen (secondary N) is 4. The highest BCUT2D eigenvalue weighted by molar-refractivity contribution is 7.80. The highest BCUT2D eigenvalue weighted by Crippen LogP contribution is 2.28. The van der Waals surface area contributed by atoms with Crippen molar-refractivity contribution >= 4 is 23.0 Å². The molecule has 1 aliphatic rings. The zero-order valence-corrected chi connectivity index (χ0v) is 19.1. The quantitative estimate of drug-likeness (QED) is 0.483. The molecule has 3 rings (SSSR count). The molecule has 0 spiro atoms. The predicted octanol–water partition coefficient (Wildman–Crippen LogP) is 0.533. The molecule has 0 saturated carbocycles. The Kier molecular flexibility index (Phi) is 7.90. The van der Waals surface area contributed by atoms with Gasteiger partial charge in [-0.05, 0) is 31.3 Å². The summed E-state index contributed by atoms with van der Waals surface area (Å²) >= 11 is 5.66. The van der Waals surface area contributed by atoms with Crippen molar-refractivity contribution in [1.82, 2.24) is 5.32 Å². The Morgan fingerprint density at radius 1 is 1.00 bits per heavy atom. The number of ether oxygens (including phenoxy) is 2. The van der Waals surface area contributed by atoms with E-state index in [9.17, 15) is 0 Å². The molecule has 4 N–H and O–H groups in total. The van der Waals surface area contributed by atoms with Crippen molar-refractivity contribution in [2.24, 2.45) is 0 Å². The second-order valence-electron chi connectivity index (χ2n) is 7.96. The van der Waals surface area contributed by atoms with Gasteiger partial charge in [-0.25, -0.2) is 0 Å². The molecular weight excluding hydrogens is 396 g/mol. The molecule has 30 heavy (non-hydrogen) atoms. The molecule has 0 radical (unpaired) electrons. The van der Waals surface area contributed by atoms with Gasteiger partial charge in [0, 0.05) is 11.6 Å². The van der Waals surface area contributed by atoms with Crippen LogP contribution in [0.25, 0.3) is 0 Å². The maximum absolute atomic E-state index is 5.66. The molecule has 0 bridgehead atoms. The number of methoxy groups -OCH3 is 2. The number of piperazine rings is 1. The number of thiocarbonyl (C=S) groups is 1. The standard InChI is InChI=1S/C23H32N4O2S/c1-17(24-23(30)25-20-16-19(28-3)10-11-21(20)29-4)22(18-8-6-5-7-9-18)27-14-12-26(2)13-15-27/h5-11,16-17,22H,12-15H2,1-4H3,(H2,24,25,30)/p+2/t17-,22+/m0/s1. The fourth-order valence-corrected chi connectivity index (χ4v) is 4.50. The molecule has 1 heterocycles. The normalized spacial score (nSPS) is 20.7. The third-order valence-electron chi connectivity index (χ3n) is 5.86. The van der Waals surface area contributed by atoms with Gasteiger partial charge >= 0.3 is 0 Å². The summed E-state index contributed by atoms with van der Waals surface area (Å²) in [5.74, 6) is 1.47. The number of anilines is 1. The first-order valence-electron chi connectivity index (χ1n) is 10.5. The molecular formula is C23H34N4O2S+2. The molecule has 1 saturated heterocycles. The average Bonchev–Trinajstić information content (AvgIpc) is 2.76. The van der Waals surface area contributed by atoms with Crippen LogP contribution < -0.4 is 29.9 Å². The number of benzene rings is 2. The second kappa shape index (κ2) is 10.6. The first kappa shape index (κ1) is 22.3. The predicted molar refractivity (Wildman–Crippen MR) is 125 cm³/mol. The number of hydrogen-bond acceptors (Lipinski definition) is 3. The van der Waals surface area contributed by atoms with Crippen molar-refractivity contribution in [2.45, 2.75) is 19.0 Å². The van der Waals surface area contributed by atoms with Crippen LogP contribution in [0.3, 0.4) is 0 Å². The van der Waals surface area contributed by atoms with Gasteiger partial charge in [0.05, 0.1) is 33.0 Å². The van der Waals surface area contributed by atoms with Crippen LogP contribution in [0.2, 0.25) is 0 Å². The molecule has 6 nitrogen and oxygen atoms in total. The van der Waals surface area contributed by atoms with Crippen LogP contribution in [-0.2, 0) is 0 Å². The summed E-state index contributed by atoms with van der Waals surface area (Å²) in [5, 5.41) is 7.38. The number of quaternary nitrogens is 2. The molecule has 0 aromatic heterocycles. The zero-order chi connectivity index (χ0) is 21.5. The van der Waals surface area contributed by atoms with Gasteiger partial charge < -0.3 is 29.9 Å². The summed E-state index contributed by atoms with van der Waals surface area (Å²) < 4.78 is 10.8. The minimum Gasteiger partial charge on any atom is -0.497 e. The number of hydrogen-bond donors (Lipinski definition) is 4. The van der Waals surface area contributed by atoms with Crippen LogP contribution in [0.1, 0.15) is 18.5 Å². The molecule has 0 amide bonds. The van der Waals surface area contributed by atoms with Gasteiger partial charge in [0.1, 0.15) is 43.7 Å². The highest BCUT2D eigenvalue weighted by atomic mass is 32.1. The largest absolute Gasteiger partial charge is 0.497 e. The van der Waals surface area contributed by atoms with Gasteiger partial charge in [0.15, 0.2) is 5.11 Å². The van der Waals surface area contributed by atoms with Crippen LogP contribution in [0.4, 0.5) is 5.69 Å². The van der Waals surface area contributed by atoms with E-state index in [4.69, 9.17) is 21.7 Å². The second-order valence-corrected chi connectivity index (χ2v) is 8.37. The summed E-state index contributed by atoms with van der Waals surface area (Å²) in [6.45, 7) is 6.90. The van der Waals surface area contributed by atoms with Gasteiger partial charge in [-0.3, -0.25) is 0 Å². The number of likely N-dealkylation sites (N-methyl/N-ethyl adjacent to an activating group) is 1. The molecule has 2 atom stereocenters. The van der Waals surface area contributed by atoms with E-state index in [2.05, 4.69) is 54.9 Å². The lowest BCUT2D eigenvalue weighted by Gasteiger charge is -2.37. The highest BCUT2D eigenvalue weighted by Gasteiger charge is 2.33. The van der Waals surface area contributed by atoms with E-state index in [-0.39, 0.29) is 6.04 Å². The van der Waals surface area contributed by atoms with Crippen molar-refractivity contribution in [2.75, 3.05) is 52.8 Å². The van der Waals surface area contributed by atoms with E-state index in [0.29, 0.717) is 11.2 Å². The van der Waals surface area contributed by atoms with Crippen molar-refractivity contribution < 1.29 is 19.3 Å². The average molecular weight is 431 g/mol. The first-order valence-corrected chi connectivity index (χ1v) is 10.9. The molecule has 1 aliphatic heterocycles. The molecule has 0 unspecified atom stereocenters. The topological polar surface area (TPSA) is 51.4 Å². The summed E-state index contributed by atoms with van der Waals surface area (Å²) in [5.41, 5.74) is 2.13. The lowest BCUT2D eigenvalue weighted by atomic mass is 9.98. The molecule has 0 aliphatic carbocycles. The summed E-state index contributed by atoms with van der Waals surface area (Å²) in [4.78, 5) is 3.21. The summed E-state index contributed by atoms with van der Waals surface area (Å²) in [6, 6.07) is 16.9. The Bertz CT molecular complexity index is 825. The third-order valence-corrected chi connectivity index (χ3v) is 6.08. The van der Waals surface area contributed by atoms with Crippen LogP contribution in [0.5, 0.6) is 11.5 Å². The van der Waals surface area contributed by atoms with Crippen LogP contribution in [0, 0.1) is 0 Å². The molecule has 162 valence electrons. The Hall–Kier alpha value is -2.35. The van der Waals surface area contributed by atoms with E-state index < -0.39 is 0 Å². The Morgan fingerprint density at radius 3 is 2.33 bits per heavy atom. The minimum atomic E-state index is 0.164. The van der Waals surface area contributed by atoms with E-state index in [1.54, 1.807) is 24.0 Å². The molecule has 2 aromatic carbocycles. The van der Waals surface area contributed by atoms with Crippen molar-refractivity contribution in [3.05, 3.63) is 54.1 Å². The van der Waals surface area contributed by atoms with Crippen LogP contribution in [-0.4, -0.2) is 58.6 Å². The van der Waals surface area contributed by atoms with Crippen molar-refractivity contribution in [3.63, 3.8) is 0 Å². The van der Waals surface area contributed by atoms with Gasteiger partial charge in [0.25, 0.3) is 0 Å². The summed E-state index contributed by atoms with van der Waals surface area (Å²) in [6.07, 6.45) is 0. The Balaban J connectivity index is 1.74. The molecule has 2 aromatic rings. The first-order chi connectivity index (χ1) is 14.5. The Morgan fingerprint density at radius 2 is 1.70 bits per heavy atom. The maximum Gasteiger partial charge on any atom is 0.171 e. The van der Waals surface area contributed by atoms with Crippen molar-refractivity contribution in [1.29, 1.82) is 0 Å². The third kappa shape index (κ3) is 5.62. The monoisotopic (exact) mass is 430 g/mol. The smallest absolute Gasteiger partial charge is 0.171 e. The van der Waals surface area contributed by atoms with Gasteiger partial charge in [-0.15, -0.1) is 0 Å². The maximum atomic E-state index is 5.66. The minimum absolute atomic E-state index is 0.164. The SMILES string of the molecule is COc1ccc(OC)c(NC(=S)N[C@@H](C)[C@H](c2ccccc2)[NH+]2CC[NH+](C)CC2)c1. The van der Waals surface area contributed by atoms with E-state index in [1.165, 1.54) is 18.7 Å². The zero-order valence-electron chi connectivity index (χ0n) is 18.3. The van der Waals surface area contributed by atoms with E-state index >= 15 is 0 Å². The van der Waals surface area contributed by atoms with Gasteiger partial charge in [-0.2, -0.15) is 0 Å². The fraction of sp³-hybridized carbons (Fsp3) is 0.435. The molecule has 1 fully saturated rings. The number of rotatable bonds is 7.